The molecule has 2 aromatic carbocycles. The van der Waals surface area contributed by atoms with Crippen LogP contribution in [0.4, 0.5) is 5.69 Å². The molecule has 0 unspecified atom stereocenters. The maximum Gasteiger partial charge on any atom is 0.303 e. The zero-order valence-corrected chi connectivity index (χ0v) is 15.0. The summed E-state index contributed by atoms with van der Waals surface area (Å²) >= 11 is 0. The largest absolute Gasteiger partial charge is 0.508 e. The highest BCUT2D eigenvalue weighted by molar-refractivity contribution is 5.97. The molecule has 0 aliphatic carbocycles. The number of carboxylic acid groups (broad SMARTS) is 1. The first kappa shape index (κ1) is 19.7. The summed E-state index contributed by atoms with van der Waals surface area (Å²) in [4.78, 5) is 34.7. The Labute approximate surface area is 163 Å². The first-order valence-corrected chi connectivity index (χ1v) is 8.56. The van der Waals surface area contributed by atoms with Crippen molar-refractivity contribution in [2.75, 3.05) is 5.32 Å². The summed E-state index contributed by atoms with van der Waals surface area (Å²) in [5, 5.41) is 41.0. The smallest absolute Gasteiger partial charge is 0.303 e. The van der Waals surface area contributed by atoms with Gasteiger partial charge in [0, 0.05) is 24.1 Å². The topological polar surface area (TPSA) is 157 Å². The Morgan fingerprint density at radius 2 is 1.79 bits per heavy atom. The lowest BCUT2D eigenvalue weighted by molar-refractivity contribution is -0.137. The van der Waals surface area contributed by atoms with E-state index in [2.05, 4.69) is 5.32 Å². The van der Waals surface area contributed by atoms with Gasteiger partial charge in [0.05, 0.1) is 6.04 Å². The van der Waals surface area contributed by atoms with Gasteiger partial charge in [0.1, 0.15) is 40.4 Å². The van der Waals surface area contributed by atoms with Gasteiger partial charge < -0.3 is 35.0 Å². The van der Waals surface area contributed by atoms with E-state index in [1.165, 1.54) is 24.3 Å². The summed E-state index contributed by atoms with van der Waals surface area (Å²) in [7, 11) is 0. The lowest BCUT2D eigenvalue weighted by atomic mass is 10.1. The highest BCUT2D eigenvalue weighted by atomic mass is 16.4. The first-order chi connectivity index (χ1) is 13.8. The Balaban J connectivity index is 2.15. The summed E-state index contributed by atoms with van der Waals surface area (Å²) < 4.78 is 5.74. The summed E-state index contributed by atoms with van der Waals surface area (Å²) in [6.07, 6.45) is 0.113. The van der Waals surface area contributed by atoms with Crippen LogP contribution < -0.4 is 10.7 Å². The summed E-state index contributed by atoms with van der Waals surface area (Å²) in [6.45, 7) is 0. The number of carbonyl (C=O) groups is 2. The van der Waals surface area contributed by atoms with Crippen molar-refractivity contribution in [3.63, 3.8) is 0 Å². The second-order valence-corrected chi connectivity index (χ2v) is 6.34. The molecule has 0 aliphatic heterocycles. The van der Waals surface area contributed by atoms with E-state index in [9.17, 15) is 29.7 Å². The molecule has 1 aromatic heterocycles. The van der Waals surface area contributed by atoms with Crippen molar-refractivity contribution in [2.24, 2.45) is 0 Å². The molecule has 0 fully saturated rings. The Morgan fingerprint density at radius 1 is 1.10 bits per heavy atom. The van der Waals surface area contributed by atoms with Crippen LogP contribution in [0.15, 0.2) is 45.6 Å². The molecule has 0 amide bonds. The summed E-state index contributed by atoms with van der Waals surface area (Å²) in [6, 6.07) is 6.91. The van der Waals surface area contributed by atoms with Gasteiger partial charge in [-0.25, -0.2) is 0 Å². The quantitative estimate of drug-likeness (QED) is 0.228. The average Bonchev–Trinajstić information content (AvgIpc) is 2.67. The molecule has 0 spiro atoms. The number of benzene rings is 2. The maximum absolute atomic E-state index is 12.6. The highest BCUT2D eigenvalue weighted by Crippen LogP contribution is 2.39. The van der Waals surface area contributed by atoms with Gasteiger partial charge in [0.25, 0.3) is 0 Å². The third-order valence-corrected chi connectivity index (χ3v) is 4.28. The molecule has 0 saturated carbocycles. The fraction of sp³-hybridized carbons (Fsp3) is 0.150. The molecule has 29 heavy (non-hydrogen) atoms. The SMILES string of the molecule is O=C[C@@H](CCC(=O)O)Nc1c(O)cc(O)c2c(=O)cc(-c3ccc(O)cc3)oc12. The predicted molar refractivity (Wildman–Crippen MR) is 103 cm³/mol. The van der Waals surface area contributed by atoms with Crippen LogP contribution in [0.5, 0.6) is 17.2 Å². The van der Waals surface area contributed by atoms with E-state index >= 15 is 0 Å². The van der Waals surface area contributed by atoms with Crippen LogP contribution in [-0.4, -0.2) is 38.7 Å². The van der Waals surface area contributed by atoms with Gasteiger partial charge in [-0.05, 0) is 30.7 Å². The number of aldehydes is 1. The number of carboxylic acids is 1. The zero-order valence-electron chi connectivity index (χ0n) is 15.0. The van der Waals surface area contributed by atoms with Gasteiger partial charge in [0.2, 0.25) is 0 Å². The summed E-state index contributed by atoms with van der Waals surface area (Å²) in [5.74, 6) is -1.98. The molecular formula is C20H17NO8. The third kappa shape index (κ3) is 4.13. The third-order valence-electron chi connectivity index (χ3n) is 4.28. The van der Waals surface area contributed by atoms with Crippen LogP contribution in [0.2, 0.25) is 0 Å². The number of aromatic hydroxyl groups is 3. The van der Waals surface area contributed by atoms with E-state index in [1.807, 2.05) is 0 Å². The number of phenolic OH excluding ortho intramolecular Hbond substituents is 3. The van der Waals surface area contributed by atoms with Gasteiger partial charge in [-0.3, -0.25) is 9.59 Å². The van der Waals surface area contributed by atoms with Crippen molar-refractivity contribution in [1.29, 1.82) is 0 Å². The number of carbonyl (C=O) groups excluding carboxylic acids is 1. The van der Waals surface area contributed by atoms with Gasteiger partial charge in [0.15, 0.2) is 11.0 Å². The number of phenols is 3. The molecule has 9 heteroatoms. The molecular weight excluding hydrogens is 382 g/mol. The van der Waals surface area contributed by atoms with Gasteiger partial charge in [-0.2, -0.15) is 0 Å². The Hall–Kier alpha value is -4.01. The van der Waals surface area contributed by atoms with Crippen molar-refractivity contribution in [3.05, 3.63) is 46.6 Å². The van der Waals surface area contributed by atoms with Crippen LogP contribution in [0.25, 0.3) is 22.3 Å². The van der Waals surface area contributed by atoms with E-state index < -0.39 is 28.9 Å². The molecule has 9 nitrogen and oxygen atoms in total. The fourth-order valence-corrected chi connectivity index (χ4v) is 2.85. The Bertz CT molecular complexity index is 1130. The zero-order chi connectivity index (χ0) is 21.1. The Morgan fingerprint density at radius 3 is 2.41 bits per heavy atom. The van der Waals surface area contributed by atoms with E-state index in [4.69, 9.17) is 9.52 Å². The highest BCUT2D eigenvalue weighted by Gasteiger charge is 2.21. The number of aliphatic carboxylic acids is 1. The molecule has 0 radical (unpaired) electrons. The molecule has 0 aliphatic rings. The van der Waals surface area contributed by atoms with Crippen LogP contribution >= 0.6 is 0 Å². The van der Waals surface area contributed by atoms with Gasteiger partial charge in [-0.15, -0.1) is 0 Å². The number of anilines is 1. The number of fused-ring (bicyclic) bond motifs is 1. The standard InChI is InChI=1S/C20H17NO8/c22-9-11(3-6-17(27)28)21-19-15(26)7-13(24)18-14(25)8-16(29-20(18)19)10-1-4-12(23)5-2-10/h1-2,4-5,7-9,11,21,23-24,26H,3,6H2,(H,27,28)/t11-/m1/s1. The second kappa shape index (κ2) is 7.93. The van der Waals surface area contributed by atoms with Crippen molar-refractivity contribution >= 4 is 28.9 Å². The second-order valence-electron chi connectivity index (χ2n) is 6.34. The van der Waals surface area contributed by atoms with Gasteiger partial charge in [-0.1, -0.05) is 0 Å². The van der Waals surface area contributed by atoms with Crippen LogP contribution in [0.3, 0.4) is 0 Å². The van der Waals surface area contributed by atoms with Crippen molar-refractivity contribution in [3.8, 4) is 28.6 Å². The number of hydrogen-bond donors (Lipinski definition) is 5. The molecule has 3 rings (SSSR count). The molecule has 150 valence electrons. The van der Waals surface area contributed by atoms with Crippen molar-refractivity contribution in [1.82, 2.24) is 0 Å². The first-order valence-electron chi connectivity index (χ1n) is 8.56. The monoisotopic (exact) mass is 399 g/mol. The van der Waals surface area contributed by atoms with E-state index in [0.29, 0.717) is 11.8 Å². The van der Waals surface area contributed by atoms with Crippen LogP contribution in [0, 0.1) is 0 Å². The molecule has 3 aromatic rings. The minimum absolute atomic E-state index is 0.0155. The lowest BCUT2D eigenvalue weighted by Gasteiger charge is -2.16. The van der Waals surface area contributed by atoms with Gasteiger partial charge >= 0.3 is 5.97 Å². The van der Waals surface area contributed by atoms with E-state index in [1.54, 1.807) is 0 Å². The van der Waals surface area contributed by atoms with Crippen molar-refractivity contribution in [2.45, 2.75) is 18.9 Å². The minimum Gasteiger partial charge on any atom is -0.508 e. The minimum atomic E-state index is -1.10. The fourth-order valence-electron chi connectivity index (χ4n) is 2.85. The molecule has 1 heterocycles. The van der Waals surface area contributed by atoms with E-state index in [0.717, 1.165) is 12.1 Å². The summed E-state index contributed by atoms with van der Waals surface area (Å²) in [5.41, 5.74) is -0.463. The molecule has 0 bridgehead atoms. The molecule has 0 saturated heterocycles. The van der Waals surface area contributed by atoms with E-state index in [-0.39, 0.29) is 41.0 Å². The predicted octanol–water partition coefficient (Wildman–Crippen LogP) is 2.42. The number of rotatable bonds is 7. The lowest BCUT2D eigenvalue weighted by Crippen LogP contribution is -2.22. The molecule has 1 atom stereocenters. The number of hydrogen-bond acceptors (Lipinski definition) is 8. The maximum atomic E-state index is 12.6. The average molecular weight is 399 g/mol. The Kier molecular flexibility index (Phi) is 5.40. The molecule has 5 N–H and O–H groups in total. The number of nitrogens with one attached hydrogen (secondary N) is 1. The normalized spacial score (nSPS) is 11.9. The van der Waals surface area contributed by atoms with Crippen LogP contribution in [-0.2, 0) is 9.59 Å². The van der Waals surface area contributed by atoms with Crippen LogP contribution in [0.1, 0.15) is 12.8 Å². The van der Waals surface area contributed by atoms with Crippen molar-refractivity contribution < 1.29 is 34.4 Å².